The molecular formula is C11H8BrFN2. The fourth-order valence-corrected chi connectivity index (χ4v) is 1.91. The standard InChI is InChI=1S/C11H8BrFN2/c12-9-5-6-15-11(14)10(9)7-1-3-8(13)4-2-7/h1-6H,(H2,14,15). The van der Waals surface area contributed by atoms with Gasteiger partial charge in [0.15, 0.2) is 0 Å². The van der Waals surface area contributed by atoms with Gasteiger partial charge in [-0.25, -0.2) is 9.37 Å². The minimum absolute atomic E-state index is 0.266. The van der Waals surface area contributed by atoms with E-state index in [-0.39, 0.29) is 5.82 Å². The Morgan fingerprint density at radius 1 is 1.13 bits per heavy atom. The molecular weight excluding hydrogens is 259 g/mol. The second-order valence-electron chi connectivity index (χ2n) is 3.06. The van der Waals surface area contributed by atoms with Gasteiger partial charge in [-0.15, -0.1) is 0 Å². The highest BCUT2D eigenvalue weighted by molar-refractivity contribution is 9.10. The summed E-state index contributed by atoms with van der Waals surface area (Å²) in [5.74, 6) is 0.160. The predicted molar refractivity (Wildman–Crippen MR) is 61.7 cm³/mol. The summed E-state index contributed by atoms with van der Waals surface area (Å²) in [7, 11) is 0. The molecule has 0 unspecified atom stereocenters. The Balaban J connectivity index is 2.58. The monoisotopic (exact) mass is 266 g/mol. The molecule has 76 valence electrons. The average Bonchev–Trinajstić information content (AvgIpc) is 2.20. The van der Waals surface area contributed by atoms with Crippen molar-refractivity contribution in [2.75, 3.05) is 5.73 Å². The van der Waals surface area contributed by atoms with E-state index in [1.165, 1.54) is 12.1 Å². The first-order valence-corrected chi connectivity index (χ1v) is 5.13. The van der Waals surface area contributed by atoms with E-state index >= 15 is 0 Å². The lowest BCUT2D eigenvalue weighted by molar-refractivity contribution is 0.628. The van der Waals surface area contributed by atoms with Crippen molar-refractivity contribution in [2.24, 2.45) is 0 Å². The minimum atomic E-state index is -0.266. The minimum Gasteiger partial charge on any atom is -0.383 e. The summed E-state index contributed by atoms with van der Waals surface area (Å²) in [5.41, 5.74) is 7.39. The van der Waals surface area contributed by atoms with Crippen LogP contribution in [-0.4, -0.2) is 4.98 Å². The van der Waals surface area contributed by atoms with Crippen molar-refractivity contribution in [3.05, 3.63) is 46.8 Å². The van der Waals surface area contributed by atoms with Crippen molar-refractivity contribution in [1.29, 1.82) is 0 Å². The first kappa shape index (κ1) is 10.1. The number of anilines is 1. The smallest absolute Gasteiger partial charge is 0.132 e. The van der Waals surface area contributed by atoms with E-state index in [4.69, 9.17) is 5.73 Å². The number of nitrogens with zero attached hydrogens (tertiary/aromatic N) is 1. The third-order valence-electron chi connectivity index (χ3n) is 2.06. The zero-order valence-corrected chi connectivity index (χ0v) is 9.33. The van der Waals surface area contributed by atoms with Crippen molar-refractivity contribution in [3.8, 4) is 11.1 Å². The number of nitrogens with two attached hydrogens (primary N) is 1. The Labute approximate surface area is 95.1 Å². The summed E-state index contributed by atoms with van der Waals surface area (Å²) in [5, 5.41) is 0. The highest BCUT2D eigenvalue weighted by Crippen LogP contribution is 2.31. The first-order valence-electron chi connectivity index (χ1n) is 4.34. The Kier molecular flexibility index (Phi) is 2.68. The van der Waals surface area contributed by atoms with Gasteiger partial charge in [0.05, 0.1) is 0 Å². The molecule has 0 aliphatic rings. The zero-order chi connectivity index (χ0) is 10.8. The van der Waals surface area contributed by atoms with Crippen molar-refractivity contribution in [3.63, 3.8) is 0 Å². The molecule has 15 heavy (non-hydrogen) atoms. The maximum Gasteiger partial charge on any atom is 0.132 e. The number of aromatic nitrogens is 1. The van der Waals surface area contributed by atoms with Gasteiger partial charge in [-0.05, 0) is 39.7 Å². The molecule has 2 nitrogen and oxygen atoms in total. The highest BCUT2D eigenvalue weighted by Gasteiger charge is 2.07. The second kappa shape index (κ2) is 3.98. The molecule has 0 spiro atoms. The Morgan fingerprint density at radius 3 is 2.40 bits per heavy atom. The SMILES string of the molecule is Nc1nccc(Br)c1-c1ccc(F)cc1. The molecule has 1 aromatic heterocycles. The molecule has 4 heteroatoms. The second-order valence-corrected chi connectivity index (χ2v) is 3.91. The van der Waals surface area contributed by atoms with Gasteiger partial charge in [-0.1, -0.05) is 12.1 Å². The lowest BCUT2D eigenvalue weighted by Crippen LogP contribution is -1.94. The van der Waals surface area contributed by atoms with E-state index in [9.17, 15) is 4.39 Å². The number of benzene rings is 1. The van der Waals surface area contributed by atoms with Crippen molar-refractivity contribution < 1.29 is 4.39 Å². The van der Waals surface area contributed by atoms with Crippen LogP contribution >= 0.6 is 15.9 Å². The molecule has 1 heterocycles. The van der Waals surface area contributed by atoms with Crippen LogP contribution in [0.25, 0.3) is 11.1 Å². The molecule has 0 bridgehead atoms. The fraction of sp³-hybridized carbons (Fsp3) is 0. The summed E-state index contributed by atoms with van der Waals surface area (Å²) in [4.78, 5) is 3.99. The Morgan fingerprint density at radius 2 is 1.80 bits per heavy atom. The summed E-state index contributed by atoms with van der Waals surface area (Å²) < 4.78 is 13.6. The molecule has 0 saturated carbocycles. The van der Waals surface area contributed by atoms with Crippen LogP contribution < -0.4 is 5.73 Å². The molecule has 2 rings (SSSR count). The van der Waals surface area contributed by atoms with Crippen LogP contribution in [-0.2, 0) is 0 Å². The number of hydrogen-bond acceptors (Lipinski definition) is 2. The number of rotatable bonds is 1. The quantitative estimate of drug-likeness (QED) is 0.861. The van der Waals surface area contributed by atoms with Gasteiger partial charge in [0.25, 0.3) is 0 Å². The summed E-state index contributed by atoms with van der Waals surface area (Å²) in [6.45, 7) is 0. The van der Waals surface area contributed by atoms with Crippen molar-refractivity contribution in [1.82, 2.24) is 4.98 Å². The lowest BCUT2D eigenvalue weighted by Gasteiger charge is -2.06. The van der Waals surface area contributed by atoms with Gasteiger partial charge in [-0.2, -0.15) is 0 Å². The molecule has 0 saturated heterocycles. The van der Waals surface area contributed by atoms with Crippen LogP contribution in [0.1, 0.15) is 0 Å². The molecule has 0 amide bonds. The van der Waals surface area contributed by atoms with Gasteiger partial charge in [0.1, 0.15) is 11.6 Å². The average molecular weight is 267 g/mol. The van der Waals surface area contributed by atoms with E-state index in [1.807, 2.05) is 0 Å². The normalized spacial score (nSPS) is 10.3. The molecule has 0 atom stereocenters. The van der Waals surface area contributed by atoms with Crippen molar-refractivity contribution >= 4 is 21.7 Å². The number of pyridine rings is 1. The molecule has 2 aromatic rings. The van der Waals surface area contributed by atoms with E-state index < -0.39 is 0 Å². The lowest BCUT2D eigenvalue weighted by atomic mass is 10.1. The molecule has 0 radical (unpaired) electrons. The van der Waals surface area contributed by atoms with E-state index in [0.717, 1.165) is 15.6 Å². The molecule has 1 aromatic carbocycles. The largest absolute Gasteiger partial charge is 0.383 e. The van der Waals surface area contributed by atoms with Crippen molar-refractivity contribution in [2.45, 2.75) is 0 Å². The van der Waals surface area contributed by atoms with Crippen LogP contribution in [0.15, 0.2) is 41.0 Å². The topological polar surface area (TPSA) is 38.9 Å². The highest BCUT2D eigenvalue weighted by atomic mass is 79.9. The molecule has 0 fully saturated rings. The van der Waals surface area contributed by atoms with Gasteiger partial charge >= 0.3 is 0 Å². The molecule has 2 N–H and O–H groups in total. The Bertz CT molecular complexity index is 462. The third-order valence-corrected chi connectivity index (χ3v) is 2.72. The van der Waals surface area contributed by atoms with E-state index in [0.29, 0.717) is 5.82 Å². The predicted octanol–water partition coefficient (Wildman–Crippen LogP) is 3.23. The number of hydrogen-bond donors (Lipinski definition) is 1. The zero-order valence-electron chi connectivity index (χ0n) is 7.74. The van der Waals surface area contributed by atoms with Gasteiger partial charge in [0, 0.05) is 16.2 Å². The fourth-order valence-electron chi connectivity index (χ4n) is 1.36. The summed E-state index contributed by atoms with van der Waals surface area (Å²) in [6.07, 6.45) is 1.62. The van der Waals surface area contributed by atoms with Crippen LogP contribution in [0, 0.1) is 5.82 Å². The van der Waals surface area contributed by atoms with Gasteiger partial charge < -0.3 is 5.73 Å². The van der Waals surface area contributed by atoms with Gasteiger partial charge in [0.2, 0.25) is 0 Å². The number of halogens is 2. The van der Waals surface area contributed by atoms with E-state index in [2.05, 4.69) is 20.9 Å². The van der Waals surface area contributed by atoms with Gasteiger partial charge in [-0.3, -0.25) is 0 Å². The number of nitrogen functional groups attached to an aromatic ring is 1. The van der Waals surface area contributed by atoms with Crippen LogP contribution in [0.4, 0.5) is 10.2 Å². The Hall–Kier alpha value is -1.42. The molecule has 0 aliphatic heterocycles. The van der Waals surface area contributed by atoms with Crippen LogP contribution in [0.3, 0.4) is 0 Å². The molecule has 0 aliphatic carbocycles. The summed E-state index contributed by atoms with van der Waals surface area (Å²) >= 11 is 3.39. The van der Waals surface area contributed by atoms with Crippen LogP contribution in [0.2, 0.25) is 0 Å². The van der Waals surface area contributed by atoms with E-state index in [1.54, 1.807) is 24.4 Å². The first-order chi connectivity index (χ1) is 7.18. The van der Waals surface area contributed by atoms with Crippen LogP contribution in [0.5, 0.6) is 0 Å². The maximum absolute atomic E-state index is 12.7. The third kappa shape index (κ3) is 1.99. The maximum atomic E-state index is 12.7. The summed E-state index contributed by atoms with van der Waals surface area (Å²) in [6, 6.07) is 7.94.